The van der Waals surface area contributed by atoms with Crippen LogP contribution in [-0.4, -0.2) is 22.4 Å². The van der Waals surface area contributed by atoms with E-state index < -0.39 is 0 Å². The molecule has 0 aliphatic rings. The minimum atomic E-state index is -0.251. The van der Waals surface area contributed by atoms with Crippen molar-refractivity contribution in [3.05, 3.63) is 35.4 Å². The van der Waals surface area contributed by atoms with E-state index in [4.69, 9.17) is 0 Å². The van der Waals surface area contributed by atoms with E-state index in [1.54, 1.807) is 6.21 Å². The number of aryl methyl sites for hydroxylation is 1. The molecule has 1 N–H and O–H groups in total. The van der Waals surface area contributed by atoms with Gasteiger partial charge >= 0.3 is 0 Å². The van der Waals surface area contributed by atoms with Crippen molar-refractivity contribution in [1.82, 2.24) is 10.3 Å². The number of nitrogens with one attached hydrogen (secondary N) is 1. The Balaban J connectivity index is 2.13. The molecule has 0 saturated heterocycles. The van der Waals surface area contributed by atoms with Crippen LogP contribution in [0.3, 0.4) is 0 Å². The lowest BCUT2D eigenvalue weighted by Crippen LogP contribution is -2.05. The number of benzene rings is 1. The third kappa shape index (κ3) is 3.48. The fourth-order valence-corrected chi connectivity index (χ4v) is 1.49. The van der Waals surface area contributed by atoms with E-state index in [1.807, 2.05) is 24.3 Å². The lowest BCUT2D eigenvalue weighted by Gasteiger charge is -1.97. The smallest absolute Gasteiger partial charge is 0.241 e. The number of hydrogen-bond donors (Lipinski definition) is 1. The van der Waals surface area contributed by atoms with Crippen LogP contribution in [0.4, 0.5) is 11.6 Å². The van der Waals surface area contributed by atoms with Crippen LogP contribution in [0.25, 0.3) is 0 Å². The van der Waals surface area contributed by atoms with E-state index in [1.165, 1.54) is 12.5 Å². The maximum Gasteiger partial charge on any atom is 0.241 e. The van der Waals surface area contributed by atoms with Crippen molar-refractivity contribution in [2.75, 3.05) is 5.32 Å². The second-order valence-corrected chi connectivity index (χ2v) is 3.97. The molecule has 1 amide bonds. The molecule has 0 fully saturated rings. The van der Waals surface area contributed by atoms with Crippen LogP contribution in [0.2, 0.25) is 0 Å². The number of amides is 1. The first kappa shape index (κ1) is 12.9. The van der Waals surface area contributed by atoms with Crippen LogP contribution in [-0.2, 0) is 11.2 Å². The fourth-order valence-electron chi connectivity index (χ4n) is 1.49. The molecule has 6 heteroatoms. The maximum atomic E-state index is 10.9. The normalized spacial score (nSPS) is 10.8. The van der Waals surface area contributed by atoms with E-state index in [-0.39, 0.29) is 17.5 Å². The van der Waals surface area contributed by atoms with Gasteiger partial charge in [-0.3, -0.25) is 4.79 Å². The Bertz CT molecular complexity index is 587. The summed E-state index contributed by atoms with van der Waals surface area (Å²) < 4.78 is 4.54. The van der Waals surface area contributed by atoms with E-state index in [0.717, 1.165) is 12.0 Å². The first-order valence-corrected chi connectivity index (χ1v) is 5.92. The number of anilines is 1. The number of carbonyl (C=O) groups is 1. The van der Waals surface area contributed by atoms with Crippen molar-refractivity contribution in [3.63, 3.8) is 0 Å². The van der Waals surface area contributed by atoms with Crippen molar-refractivity contribution >= 4 is 23.8 Å². The Labute approximate surface area is 110 Å². The molecule has 6 nitrogen and oxygen atoms in total. The second-order valence-electron chi connectivity index (χ2n) is 3.97. The lowest BCUT2D eigenvalue weighted by atomic mass is 10.1. The summed E-state index contributed by atoms with van der Waals surface area (Å²) in [6, 6.07) is 8.01. The van der Waals surface area contributed by atoms with E-state index in [9.17, 15) is 4.79 Å². The fraction of sp³-hybridized carbons (Fsp3) is 0.231. The van der Waals surface area contributed by atoms with Crippen LogP contribution in [0.5, 0.6) is 0 Å². The first-order chi connectivity index (χ1) is 9.19. The lowest BCUT2D eigenvalue weighted by molar-refractivity contribution is -0.114. The molecule has 0 aliphatic carbocycles. The molecule has 0 bridgehead atoms. The van der Waals surface area contributed by atoms with Gasteiger partial charge in [-0.1, -0.05) is 31.2 Å². The summed E-state index contributed by atoms with van der Waals surface area (Å²) in [5.74, 6) is 0.211. The molecule has 0 unspecified atom stereocenters. The number of aliphatic imine (C=N–C) groups is 1. The van der Waals surface area contributed by atoms with Gasteiger partial charge in [-0.05, 0) is 27.9 Å². The van der Waals surface area contributed by atoms with Crippen molar-refractivity contribution < 1.29 is 9.42 Å². The predicted octanol–water partition coefficient (Wildman–Crippen LogP) is 2.34. The molecule has 0 atom stereocenters. The molecule has 1 heterocycles. The topological polar surface area (TPSA) is 80.4 Å². The van der Waals surface area contributed by atoms with Crippen molar-refractivity contribution in [2.24, 2.45) is 4.99 Å². The average molecular weight is 258 g/mol. The Kier molecular flexibility index (Phi) is 4.02. The van der Waals surface area contributed by atoms with Gasteiger partial charge < -0.3 is 5.32 Å². The summed E-state index contributed by atoms with van der Waals surface area (Å²) in [5.41, 5.74) is 2.20. The van der Waals surface area contributed by atoms with Crippen LogP contribution >= 0.6 is 0 Å². The standard InChI is InChI=1S/C13H14N4O2/c1-3-10-4-6-11(7-5-10)8-14-12-13(15-9(2)18)17-19-16-12/h4-8H,3H2,1-2H3,(H,15,17,18). The highest BCUT2D eigenvalue weighted by Crippen LogP contribution is 2.19. The van der Waals surface area contributed by atoms with E-state index in [2.05, 4.69) is 32.2 Å². The van der Waals surface area contributed by atoms with Gasteiger partial charge in [0.05, 0.1) is 0 Å². The molecule has 0 aliphatic heterocycles. The molecule has 98 valence electrons. The molecular weight excluding hydrogens is 244 g/mol. The van der Waals surface area contributed by atoms with E-state index >= 15 is 0 Å². The van der Waals surface area contributed by atoms with Gasteiger partial charge in [-0.2, -0.15) is 0 Å². The maximum absolute atomic E-state index is 10.9. The molecule has 1 aromatic heterocycles. The third-order valence-corrected chi connectivity index (χ3v) is 2.49. The number of hydrogen-bond acceptors (Lipinski definition) is 5. The zero-order valence-electron chi connectivity index (χ0n) is 10.8. The minimum absolute atomic E-state index is 0.217. The average Bonchev–Trinajstić information content (AvgIpc) is 2.83. The first-order valence-electron chi connectivity index (χ1n) is 5.92. The highest BCUT2D eigenvalue weighted by Gasteiger charge is 2.09. The molecule has 0 saturated carbocycles. The van der Waals surface area contributed by atoms with Crippen molar-refractivity contribution in [2.45, 2.75) is 20.3 Å². The van der Waals surface area contributed by atoms with Crippen LogP contribution in [0.1, 0.15) is 25.0 Å². The SMILES string of the molecule is CCc1ccc(C=Nc2nonc2NC(C)=O)cc1. The molecule has 1 aromatic carbocycles. The number of aromatic nitrogens is 2. The monoisotopic (exact) mass is 258 g/mol. The van der Waals surface area contributed by atoms with Crippen molar-refractivity contribution in [1.29, 1.82) is 0 Å². The summed E-state index contributed by atoms with van der Waals surface area (Å²) in [5, 5.41) is 9.67. The number of rotatable bonds is 4. The van der Waals surface area contributed by atoms with E-state index in [0.29, 0.717) is 0 Å². The quantitative estimate of drug-likeness (QED) is 0.853. The highest BCUT2D eigenvalue weighted by atomic mass is 16.6. The summed E-state index contributed by atoms with van der Waals surface area (Å²) in [7, 11) is 0. The van der Waals surface area contributed by atoms with Gasteiger partial charge in [0.1, 0.15) is 0 Å². The largest absolute Gasteiger partial charge is 0.305 e. The van der Waals surface area contributed by atoms with Gasteiger partial charge in [0, 0.05) is 13.1 Å². The van der Waals surface area contributed by atoms with Gasteiger partial charge in [-0.25, -0.2) is 9.62 Å². The Morgan fingerprint density at radius 2 is 2.11 bits per heavy atom. The summed E-state index contributed by atoms with van der Waals surface area (Å²) >= 11 is 0. The van der Waals surface area contributed by atoms with Crippen LogP contribution < -0.4 is 5.32 Å². The number of nitrogens with zero attached hydrogens (tertiary/aromatic N) is 3. The predicted molar refractivity (Wildman–Crippen MR) is 71.7 cm³/mol. The Morgan fingerprint density at radius 1 is 1.37 bits per heavy atom. The number of carbonyl (C=O) groups excluding carboxylic acids is 1. The Morgan fingerprint density at radius 3 is 2.74 bits per heavy atom. The molecule has 0 radical (unpaired) electrons. The zero-order valence-corrected chi connectivity index (χ0v) is 10.8. The van der Waals surface area contributed by atoms with Gasteiger partial charge in [-0.15, -0.1) is 0 Å². The Hall–Kier alpha value is -2.50. The van der Waals surface area contributed by atoms with Crippen molar-refractivity contribution in [3.8, 4) is 0 Å². The van der Waals surface area contributed by atoms with Crippen LogP contribution in [0, 0.1) is 0 Å². The molecule has 2 aromatic rings. The van der Waals surface area contributed by atoms with Crippen LogP contribution in [0.15, 0.2) is 33.9 Å². The summed E-state index contributed by atoms with van der Waals surface area (Å²) in [6.45, 7) is 3.48. The van der Waals surface area contributed by atoms with Gasteiger partial charge in [0.25, 0.3) is 0 Å². The van der Waals surface area contributed by atoms with Gasteiger partial charge in [0.2, 0.25) is 17.5 Å². The second kappa shape index (κ2) is 5.90. The molecule has 19 heavy (non-hydrogen) atoms. The zero-order chi connectivity index (χ0) is 13.7. The summed E-state index contributed by atoms with van der Waals surface area (Å²) in [6.07, 6.45) is 2.64. The molecular formula is C13H14N4O2. The minimum Gasteiger partial charge on any atom is -0.305 e. The van der Waals surface area contributed by atoms with Gasteiger partial charge in [0.15, 0.2) is 0 Å². The molecule has 0 spiro atoms. The third-order valence-electron chi connectivity index (χ3n) is 2.49. The summed E-state index contributed by atoms with van der Waals surface area (Å²) in [4.78, 5) is 15.1. The highest BCUT2D eigenvalue weighted by molar-refractivity contribution is 5.91. The molecule has 2 rings (SSSR count).